The van der Waals surface area contributed by atoms with Gasteiger partial charge in [-0.15, -0.1) is 0 Å². The van der Waals surface area contributed by atoms with Crippen molar-refractivity contribution >= 4 is 29.0 Å². The van der Waals surface area contributed by atoms with Gasteiger partial charge >= 0.3 is 0 Å². The largest absolute Gasteiger partial charge is 0.371 e. The van der Waals surface area contributed by atoms with Gasteiger partial charge in [0.1, 0.15) is 0 Å². The molecule has 0 saturated carbocycles. The third-order valence-corrected chi connectivity index (χ3v) is 4.97. The SMILES string of the molecule is CN1CCN(C(=O)CCSCc2ccccn2)c2ccccc21. The molecule has 0 saturated heterocycles. The van der Waals surface area contributed by atoms with E-state index in [4.69, 9.17) is 0 Å². The summed E-state index contributed by atoms with van der Waals surface area (Å²) in [6.45, 7) is 1.64. The van der Waals surface area contributed by atoms with Crippen LogP contribution in [0.2, 0.25) is 0 Å². The minimum Gasteiger partial charge on any atom is -0.371 e. The third kappa shape index (κ3) is 3.85. The van der Waals surface area contributed by atoms with E-state index in [1.807, 2.05) is 47.5 Å². The van der Waals surface area contributed by atoms with E-state index in [0.717, 1.165) is 41.7 Å². The standard InChI is InChI=1S/C18H21N3OS/c1-20-11-12-21(17-8-3-2-7-16(17)20)18(22)9-13-23-14-15-6-4-5-10-19-15/h2-8,10H,9,11-14H2,1H3. The lowest BCUT2D eigenvalue weighted by Gasteiger charge is -2.35. The first-order valence-corrected chi connectivity index (χ1v) is 8.99. The molecule has 23 heavy (non-hydrogen) atoms. The molecule has 0 unspecified atom stereocenters. The summed E-state index contributed by atoms with van der Waals surface area (Å²) >= 11 is 1.76. The zero-order valence-corrected chi connectivity index (χ0v) is 14.1. The number of pyridine rings is 1. The number of para-hydroxylation sites is 2. The number of hydrogen-bond donors (Lipinski definition) is 0. The molecule has 2 heterocycles. The van der Waals surface area contributed by atoms with Crippen LogP contribution in [0, 0.1) is 0 Å². The predicted octanol–water partition coefficient (Wildman–Crippen LogP) is 3.19. The first-order valence-electron chi connectivity index (χ1n) is 7.84. The molecule has 0 spiro atoms. The van der Waals surface area contributed by atoms with Crippen molar-refractivity contribution in [3.63, 3.8) is 0 Å². The molecule has 3 rings (SSSR count). The number of aromatic nitrogens is 1. The van der Waals surface area contributed by atoms with E-state index in [2.05, 4.69) is 23.0 Å². The van der Waals surface area contributed by atoms with Crippen LogP contribution in [0.1, 0.15) is 12.1 Å². The predicted molar refractivity (Wildman–Crippen MR) is 97.1 cm³/mol. The van der Waals surface area contributed by atoms with E-state index in [-0.39, 0.29) is 5.91 Å². The highest BCUT2D eigenvalue weighted by Gasteiger charge is 2.24. The summed E-state index contributed by atoms with van der Waals surface area (Å²) in [4.78, 5) is 21.0. The van der Waals surface area contributed by atoms with Crippen molar-refractivity contribution < 1.29 is 4.79 Å². The molecule has 1 aromatic heterocycles. The first-order chi connectivity index (χ1) is 11.3. The van der Waals surface area contributed by atoms with Gasteiger partial charge < -0.3 is 9.80 Å². The molecule has 0 bridgehead atoms. The number of carbonyl (C=O) groups is 1. The lowest BCUT2D eigenvalue weighted by atomic mass is 10.1. The molecular weight excluding hydrogens is 306 g/mol. The molecule has 1 aliphatic rings. The smallest absolute Gasteiger partial charge is 0.227 e. The monoisotopic (exact) mass is 327 g/mol. The molecule has 0 fully saturated rings. The lowest BCUT2D eigenvalue weighted by Crippen LogP contribution is -2.42. The van der Waals surface area contributed by atoms with Gasteiger partial charge in [0.05, 0.1) is 17.1 Å². The number of likely N-dealkylation sites (N-methyl/N-ethyl adjacent to an activating group) is 1. The Morgan fingerprint density at radius 3 is 2.70 bits per heavy atom. The molecule has 4 nitrogen and oxygen atoms in total. The van der Waals surface area contributed by atoms with Gasteiger partial charge in [0.2, 0.25) is 5.91 Å². The molecule has 2 aromatic rings. The van der Waals surface area contributed by atoms with Crippen molar-refractivity contribution in [3.05, 3.63) is 54.4 Å². The second-order valence-corrected chi connectivity index (χ2v) is 6.68. The highest BCUT2D eigenvalue weighted by Crippen LogP contribution is 2.32. The maximum Gasteiger partial charge on any atom is 0.227 e. The fourth-order valence-corrected chi connectivity index (χ4v) is 3.56. The normalized spacial score (nSPS) is 13.8. The van der Waals surface area contributed by atoms with Gasteiger partial charge in [-0.2, -0.15) is 11.8 Å². The molecule has 1 aromatic carbocycles. The van der Waals surface area contributed by atoms with Crippen LogP contribution in [0.15, 0.2) is 48.7 Å². The Kier molecular flexibility index (Phi) is 5.18. The highest BCUT2D eigenvalue weighted by molar-refractivity contribution is 7.98. The van der Waals surface area contributed by atoms with Crippen molar-refractivity contribution in [2.75, 3.05) is 35.7 Å². The fraction of sp³-hybridized carbons (Fsp3) is 0.333. The fourth-order valence-electron chi connectivity index (χ4n) is 2.72. The summed E-state index contributed by atoms with van der Waals surface area (Å²) in [5.74, 6) is 1.89. The van der Waals surface area contributed by atoms with Crippen LogP contribution in [0.25, 0.3) is 0 Å². The number of anilines is 2. The Morgan fingerprint density at radius 2 is 1.91 bits per heavy atom. The second-order valence-electron chi connectivity index (χ2n) is 5.58. The van der Waals surface area contributed by atoms with Gasteiger partial charge in [0.25, 0.3) is 0 Å². The van der Waals surface area contributed by atoms with Gasteiger partial charge in [-0.05, 0) is 24.3 Å². The van der Waals surface area contributed by atoms with Gasteiger partial charge in [-0.25, -0.2) is 0 Å². The van der Waals surface area contributed by atoms with Crippen LogP contribution < -0.4 is 9.80 Å². The molecular formula is C18H21N3OS. The zero-order chi connectivity index (χ0) is 16.1. The van der Waals surface area contributed by atoms with Gasteiger partial charge in [0.15, 0.2) is 0 Å². The summed E-state index contributed by atoms with van der Waals surface area (Å²) in [5, 5.41) is 0. The lowest BCUT2D eigenvalue weighted by molar-refractivity contribution is -0.118. The number of benzene rings is 1. The number of thioether (sulfide) groups is 1. The highest BCUT2D eigenvalue weighted by atomic mass is 32.2. The van der Waals surface area contributed by atoms with Crippen molar-refractivity contribution in [2.24, 2.45) is 0 Å². The van der Waals surface area contributed by atoms with Crippen LogP contribution in [-0.4, -0.2) is 36.8 Å². The Morgan fingerprint density at radius 1 is 1.13 bits per heavy atom. The number of hydrogen-bond acceptors (Lipinski definition) is 4. The Hall–Kier alpha value is -2.01. The van der Waals surface area contributed by atoms with E-state index >= 15 is 0 Å². The summed E-state index contributed by atoms with van der Waals surface area (Å²) in [6.07, 6.45) is 2.37. The van der Waals surface area contributed by atoms with E-state index in [1.165, 1.54) is 0 Å². The van der Waals surface area contributed by atoms with Crippen molar-refractivity contribution in [1.82, 2.24) is 4.98 Å². The van der Waals surface area contributed by atoms with Crippen molar-refractivity contribution in [2.45, 2.75) is 12.2 Å². The number of fused-ring (bicyclic) bond motifs is 1. The zero-order valence-electron chi connectivity index (χ0n) is 13.3. The first kappa shape index (κ1) is 15.9. The topological polar surface area (TPSA) is 36.4 Å². The summed E-state index contributed by atoms with van der Waals surface area (Å²) in [7, 11) is 2.07. The van der Waals surface area contributed by atoms with E-state index in [9.17, 15) is 4.79 Å². The number of carbonyl (C=O) groups excluding carboxylic acids is 1. The Bertz CT molecular complexity index is 662. The van der Waals surface area contributed by atoms with Crippen LogP contribution >= 0.6 is 11.8 Å². The Balaban J connectivity index is 1.54. The van der Waals surface area contributed by atoms with Crippen LogP contribution in [-0.2, 0) is 10.5 Å². The Labute approximate surface area is 141 Å². The van der Waals surface area contributed by atoms with Crippen LogP contribution in [0.4, 0.5) is 11.4 Å². The number of nitrogens with zero attached hydrogens (tertiary/aromatic N) is 3. The van der Waals surface area contributed by atoms with Crippen molar-refractivity contribution in [1.29, 1.82) is 0 Å². The van der Waals surface area contributed by atoms with Gasteiger partial charge in [-0.3, -0.25) is 9.78 Å². The molecule has 0 radical (unpaired) electrons. The van der Waals surface area contributed by atoms with E-state index in [1.54, 1.807) is 11.8 Å². The van der Waals surface area contributed by atoms with E-state index in [0.29, 0.717) is 6.42 Å². The average Bonchev–Trinajstić information content (AvgIpc) is 2.60. The molecule has 1 amide bonds. The molecule has 0 aliphatic carbocycles. The maximum atomic E-state index is 12.6. The maximum absolute atomic E-state index is 12.6. The summed E-state index contributed by atoms with van der Waals surface area (Å²) in [5.41, 5.74) is 3.23. The second kappa shape index (κ2) is 7.51. The minimum absolute atomic E-state index is 0.207. The number of rotatable bonds is 5. The average molecular weight is 327 g/mol. The molecule has 0 N–H and O–H groups in total. The summed E-state index contributed by atoms with van der Waals surface area (Å²) < 4.78 is 0. The minimum atomic E-state index is 0.207. The third-order valence-electron chi connectivity index (χ3n) is 3.98. The number of amides is 1. The molecule has 0 atom stereocenters. The molecule has 5 heteroatoms. The molecule has 1 aliphatic heterocycles. The van der Waals surface area contributed by atoms with Gasteiger partial charge in [-0.1, -0.05) is 18.2 Å². The van der Waals surface area contributed by atoms with E-state index < -0.39 is 0 Å². The van der Waals surface area contributed by atoms with Crippen LogP contribution in [0.3, 0.4) is 0 Å². The molecule has 120 valence electrons. The van der Waals surface area contributed by atoms with Crippen LogP contribution in [0.5, 0.6) is 0 Å². The van der Waals surface area contributed by atoms with Crippen molar-refractivity contribution in [3.8, 4) is 0 Å². The quantitative estimate of drug-likeness (QED) is 0.790. The summed E-state index contributed by atoms with van der Waals surface area (Å²) in [6, 6.07) is 14.1. The van der Waals surface area contributed by atoms with Gasteiger partial charge in [0, 0.05) is 44.3 Å².